The number of ether oxygens (including phenoxy) is 2. The highest BCUT2D eigenvalue weighted by molar-refractivity contribution is 5.80. The van der Waals surface area contributed by atoms with E-state index in [0.29, 0.717) is 31.8 Å². The first-order valence-corrected chi connectivity index (χ1v) is 8.45. The Kier molecular flexibility index (Phi) is 6.30. The van der Waals surface area contributed by atoms with E-state index in [1.807, 2.05) is 0 Å². The Morgan fingerprint density at radius 1 is 1.29 bits per heavy atom. The summed E-state index contributed by atoms with van der Waals surface area (Å²) in [6.07, 6.45) is 3.88. The molecule has 1 atom stereocenters. The summed E-state index contributed by atoms with van der Waals surface area (Å²) in [7, 11) is 0. The minimum Gasteiger partial charge on any atom is -0.376 e. The fraction of sp³-hybridized carbons (Fsp3) is 0.938. The van der Waals surface area contributed by atoms with Crippen molar-refractivity contribution in [1.82, 2.24) is 10.2 Å². The highest BCUT2D eigenvalue weighted by Gasteiger charge is 2.36. The Hall–Kier alpha value is -0.810. The number of nitrogens with one attached hydrogen (secondary N) is 1. The summed E-state index contributed by atoms with van der Waals surface area (Å²) in [5.74, 6) is 1.04. The Morgan fingerprint density at radius 3 is 2.67 bits per heavy atom. The lowest BCUT2D eigenvalue weighted by Crippen LogP contribution is -2.42. The van der Waals surface area contributed by atoms with Gasteiger partial charge in [-0.25, -0.2) is 0 Å². The van der Waals surface area contributed by atoms with Gasteiger partial charge >= 0.3 is 0 Å². The summed E-state index contributed by atoms with van der Waals surface area (Å²) in [5, 5.41) is 3.43. The molecule has 0 aromatic carbocycles. The van der Waals surface area contributed by atoms with Gasteiger partial charge in [0, 0.05) is 19.6 Å². The van der Waals surface area contributed by atoms with Gasteiger partial charge in [0.2, 0.25) is 0 Å². The van der Waals surface area contributed by atoms with Crippen LogP contribution < -0.4 is 5.32 Å². The fourth-order valence-electron chi connectivity index (χ4n) is 3.20. The van der Waals surface area contributed by atoms with Gasteiger partial charge in [0.25, 0.3) is 0 Å². The number of likely N-dealkylation sites (tertiary alicyclic amines) is 1. The standard InChI is InChI=1S/C16H31N3O2/c1-4-16(5-2)7-8-19(13-16)15(17-6-3)18-11-14-12-20-9-10-21-14/h14H,4-13H2,1-3H3,(H,17,18). The number of aliphatic imine (C=N–C) groups is 1. The first-order chi connectivity index (χ1) is 10.2. The van der Waals surface area contributed by atoms with Crippen LogP contribution in [0, 0.1) is 5.41 Å². The zero-order valence-electron chi connectivity index (χ0n) is 13.9. The molecular formula is C16H31N3O2. The van der Waals surface area contributed by atoms with Gasteiger partial charge < -0.3 is 19.7 Å². The van der Waals surface area contributed by atoms with E-state index >= 15 is 0 Å². The fourth-order valence-corrected chi connectivity index (χ4v) is 3.20. The van der Waals surface area contributed by atoms with Gasteiger partial charge in [-0.3, -0.25) is 4.99 Å². The Morgan fingerprint density at radius 2 is 2.10 bits per heavy atom. The largest absolute Gasteiger partial charge is 0.376 e. The van der Waals surface area contributed by atoms with Crippen molar-refractivity contribution >= 4 is 5.96 Å². The number of nitrogens with zero attached hydrogens (tertiary/aromatic N) is 2. The number of rotatable bonds is 5. The van der Waals surface area contributed by atoms with Crippen LogP contribution in [0.25, 0.3) is 0 Å². The normalized spacial score (nSPS) is 26.1. The van der Waals surface area contributed by atoms with Crippen molar-refractivity contribution in [1.29, 1.82) is 0 Å². The smallest absolute Gasteiger partial charge is 0.194 e. The van der Waals surface area contributed by atoms with Crippen LogP contribution in [0.15, 0.2) is 4.99 Å². The Labute approximate surface area is 129 Å². The Balaban J connectivity index is 1.94. The molecule has 1 N–H and O–H groups in total. The van der Waals surface area contributed by atoms with Crippen molar-refractivity contribution < 1.29 is 9.47 Å². The maximum absolute atomic E-state index is 5.67. The SMILES string of the molecule is CCNC(=NCC1COCCO1)N1CCC(CC)(CC)C1. The minimum atomic E-state index is 0.108. The van der Waals surface area contributed by atoms with E-state index in [0.717, 1.165) is 25.6 Å². The molecule has 0 bridgehead atoms. The third-order valence-corrected chi connectivity index (χ3v) is 4.90. The van der Waals surface area contributed by atoms with Crippen LogP contribution in [0.5, 0.6) is 0 Å². The van der Waals surface area contributed by atoms with E-state index in [2.05, 4.69) is 31.0 Å². The zero-order valence-corrected chi connectivity index (χ0v) is 13.9. The third kappa shape index (κ3) is 4.33. The molecular weight excluding hydrogens is 266 g/mol. The second-order valence-corrected chi connectivity index (χ2v) is 6.14. The molecule has 5 heteroatoms. The van der Waals surface area contributed by atoms with Crippen LogP contribution in [0.4, 0.5) is 0 Å². The first kappa shape index (κ1) is 16.6. The van der Waals surface area contributed by atoms with Crippen LogP contribution in [0.2, 0.25) is 0 Å². The van der Waals surface area contributed by atoms with E-state index in [1.54, 1.807) is 0 Å². The lowest BCUT2D eigenvalue weighted by molar-refractivity contribution is -0.0833. The number of guanidine groups is 1. The molecule has 21 heavy (non-hydrogen) atoms. The summed E-state index contributed by atoms with van der Waals surface area (Å²) in [6, 6.07) is 0. The average molecular weight is 297 g/mol. The molecule has 5 nitrogen and oxygen atoms in total. The van der Waals surface area contributed by atoms with Gasteiger partial charge in [0.15, 0.2) is 5.96 Å². The molecule has 2 aliphatic heterocycles. The van der Waals surface area contributed by atoms with E-state index < -0.39 is 0 Å². The minimum absolute atomic E-state index is 0.108. The van der Waals surface area contributed by atoms with Crippen molar-refractivity contribution in [3.05, 3.63) is 0 Å². The van der Waals surface area contributed by atoms with E-state index in [-0.39, 0.29) is 6.10 Å². The quantitative estimate of drug-likeness (QED) is 0.622. The molecule has 0 saturated carbocycles. The highest BCUT2D eigenvalue weighted by atomic mass is 16.6. The molecule has 2 fully saturated rings. The second-order valence-electron chi connectivity index (χ2n) is 6.14. The molecule has 0 aliphatic carbocycles. The number of hydrogen-bond donors (Lipinski definition) is 1. The molecule has 0 radical (unpaired) electrons. The summed E-state index contributed by atoms with van der Waals surface area (Å²) >= 11 is 0. The molecule has 2 aliphatic rings. The molecule has 2 heterocycles. The van der Waals surface area contributed by atoms with E-state index in [4.69, 9.17) is 14.5 Å². The summed E-state index contributed by atoms with van der Waals surface area (Å²) in [4.78, 5) is 7.20. The lowest BCUT2D eigenvalue weighted by Gasteiger charge is -2.28. The van der Waals surface area contributed by atoms with Gasteiger partial charge in [-0.2, -0.15) is 0 Å². The molecule has 0 spiro atoms. The molecule has 2 rings (SSSR count). The van der Waals surface area contributed by atoms with Crippen LogP contribution in [-0.4, -0.2) is 63.0 Å². The summed E-state index contributed by atoms with van der Waals surface area (Å²) < 4.78 is 11.1. The molecule has 0 aromatic rings. The van der Waals surface area contributed by atoms with Crippen molar-refractivity contribution in [2.45, 2.75) is 46.1 Å². The predicted molar refractivity (Wildman–Crippen MR) is 85.7 cm³/mol. The van der Waals surface area contributed by atoms with Crippen molar-refractivity contribution in [3.63, 3.8) is 0 Å². The van der Waals surface area contributed by atoms with E-state index in [1.165, 1.54) is 19.3 Å². The van der Waals surface area contributed by atoms with Crippen LogP contribution in [0.3, 0.4) is 0 Å². The first-order valence-electron chi connectivity index (χ1n) is 8.45. The number of hydrogen-bond acceptors (Lipinski definition) is 3. The second kappa shape index (κ2) is 7.99. The van der Waals surface area contributed by atoms with Crippen molar-refractivity contribution in [2.24, 2.45) is 10.4 Å². The molecule has 1 unspecified atom stereocenters. The van der Waals surface area contributed by atoms with Gasteiger partial charge in [-0.05, 0) is 31.6 Å². The molecule has 122 valence electrons. The van der Waals surface area contributed by atoms with E-state index in [9.17, 15) is 0 Å². The maximum Gasteiger partial charge on any atom is 0.194 e. The van der Waals surface area contributed by atoms with Crippen molar-refractivity contribution in [2.75, 3.05) is 46.0 Å². The lowest BCUT2D eigenvalue weighted by atomic mass is 9.82. The predicted octanol–water partition coefficient (Wildman–Crippen LogP) is 1.88. The highest BCUT2D eigenvalue weighted by Crippen LogP contribution is 2.36. The van der Waals surface area contributed by atoms with Crippen LogP contribution >= 0.6 is 0 Å². The summed E-state index contributed by atoms with van der Waals surface area (Å²) in [5.41, 5.74) is 0.473. The van der Waals surface area contributed by atoms with Crippen LogP contribution in [0.1, 0.15) is 40.0 Å². The zero-order chi connectivity index (χ0) is 15.1. The van der Waals surface area contributed by atoms with Gasteiger partial charge in [0.05, 0.1) is 26.4 Å². The van der Waals surface area contributed by atoms with Gasteiger partial charge in [-0.15, -0.1) is 0 Å². The maximum atomic E-state index is 5.67. The molecule has 2 saturated heterocycles. The third-order valence-electron chi connectivity index (χ3n) is 4.90. The topological polar surface area (TPSA) is 46.1 Å². The van der Waals surface area contributed by atoms with Crippen LogP contribution in [-0.2, 0) is 9.47 Å². The van der Waals surface area contributed by atoms with Gasteiger partial charge in [-0.1, -0.05) is 13.8 Å². The summed E-state index contributed by atoms with van der Waals surface area (Å²) in [6.45, 7) is 12.6. The van der Waals surface area contributed by atoms with Gasteiger partial charge in [0.1, 0.15) is 6.10 Å². The average Bonchev–Trinajstić information content (AvgIpc) is 2.97. The molecule has 0 aromatic heterocycles. The monoisotopic (exact) mass is 297 g/mol. The Bertz CT molecular complexity index is 336. The van der Waals surface area contributed by atoms with Crippen molar-refractivity contribution in [3.8, 4) is 0 Å². The molecule has 0 amide bonds.